The van der Waals surface area contributed by atoms with Gasteiger partial charge in [0.1, 0.15) is 48.1 Å². The molecule has 0 aliphatic carbocycles. The van der Waals surface area contributed by atoms with E-state index >= 15 is 0 Å². The second kappa shape index (κ2) is 26.5. The van der Waals surface area contributed by atoms with Gasteiger partial charge in [-0.3, -0.25) is 19.2 Å². The number of β-lactam (4-membered cyclic amide) rings is 2. The summed E-state index contributed by atoms with van der Waals surface area (Å²) in [6, 6.07) is 3.05. The highest BCUT2D eigenvalue weighted by atomic mass is 32.3. The van der Waals surface area contributed by atoms with Gasteiger partial charge < -0.3 is 62.9 Å². The van der Waals surface area contributed by atoms with E-state index in [2.05, 4.69) is 51.3 Å². The van der Waals surface area contributed by atoms with E-state index in [1.807, 2.05) is 57.6 Å². The minimum atomic E-state index is -5.38. The molecule has 4 atom stereocenters. The molecule has 87 heavy (non-hydrogen) atoms. The number of nitrogens with zero attached hydrogens (tertiary/aromatic N) is 14. The summed E-state index contributed by atoms with van der Waals surface area (Å²) in [4.78, 5) is 98.0. The van der Waals surface area contributed by atoms with Crippen LogP contribution in [-0.4, -0.2) is 177 Å². The van der Waals surface area contributed by atoms with Crippen LogP contribution < -0.4 is 52.4 Å². The SMILES string of the molecule is C[n+]1cc(-c2ccc(OC[C@H](O/N=C(\C(=O)N[C@@H]3C(=O)N(OS(=O)(=O)ON4C(=O)[C@@H](NC(=O)/C(=N\O[C@@H](COc5ccc(-c6cn(CCCN)[n+](C)c6)nn5)C(=O)O)c5csc(N)n5)C4(C)C)C3(C)C)c3csc(N)n3)C(=O)O)nn2)cn1CCCN. The summed E-state index contributed by atoms with van der Waals surface area (Å²) in [5.41, 5.74) is 20.3. The van der Waals surface area contributed by atoms with Gasteiger partial charge in [0.2, 0.25) is 24.2 Å². The van der Waals surface area contributed by atoms with E-state index in [4.69, 9.17) is 50.7 Å². The number of nitrogens with one attached hydrogen (secondary N) is 2. The maximum Gasteiger partial charge on any atom is 0.442 e. The van der Waals surface area contributed by atoms with Gasteiger partial charge in [0, 0.05) is 22.9 Å². The van der Waals surface area contributed by atoms with Crippen molar-refractivity contribution in [1.29, 1.82) is 0 Å². The van der Waals surface area contributed by atoms with Crippen LogP contribution in [0.25, 0.3) is 22.5 Å². The Kier molecular flexibility index (Phi) is 19.3. The third kappa shape index (κ3) is 14.6. The first-order valence-electron chi connectivity index (χ1n) is 26.0. The average Bonchev–Trinajstić information content (AvgIpc) is 1.93. The predicted octanol–water partition coefficient (Wildman–Crippen LogP) is -2.85. The van der Waals surface area contributed by atoms with Crippen molar-refractivity contribution in [2.24, 2.45) is 35.9 Å². The number of rotatable bonds is 30. The first kappa shape index (κ1) is 63.6. The van der Waals surface area contributed by atoms with Gasteiger partial charge in [-0.25, -0.2) is 19.6 Å². The summed E-state index contributed by atoms with van der Waals surface area (Å²) >= 11 is 1.78. The van der Waals surface area contributed by atoms with Crippen molar-refractivity contribution in [1.82, 2.24) is 60.5 Å². The molecule has 2 saturated heterocycles. The van der Waals surface area contributed by atoms with Crippen LogP contribution in [-0.2, 0) is 84.6 Å². The molecule has 12 N–H and O–H groups in total. The molecule has 6 aromatic heterocycles. The third-order valence-corrected chi connectivity index (χ3v) is 15.2. The van der Waals surface area contributed by atoms with Crippen molar-refractivity contribution in [3.8, 4) is 34.3 Å². The number of nitrogens with two attached hydrogens (primary N) is 4. The number of hydrogen-bond acceptors (Lipinski definition) is 28. The lowest BCUT2D eigenvalue weighted by Crippen LogP contribution is -2.78. The van der Waals surface area contributed by atoms with Crippen LogP contribution in [0.1, 0.15) is 51.9 Å². The van der Waals surface area contributed by atoms with Gasteiger partial charge in [-0.05, 0) is 65.8 Å². The van der Waals surface area contributed by atoms with Crippen molar-refractivity contribution in [3.63, 3.8) is 0 Å². The van der Waals surface area contributed by atoms with Crippen molar-refractivity contribution < 1.29 is 84.5 Å². The van der Waals surface area contributed by atoms with Crippen LogP contribution >= 0.6 is 22.7 Å². The number of ether oxygens (including phenoxy) is 2. The van der Waals surface area contributed by atoms with Crippen LogP contribution in [0.3, 0.4) is 0 Å². The van der Waals surface area contributed by atoms with E-state index in [1.54, 1.807) is 12.1 Å². The number of oxime groups is 2. The molecule has 39 heteroatoms. The van der Waals surface area contributed by atoms with Gasteiger partial charge in [0.25, 0.3) is 35.8 Å². The van der Waals surface area contributed by atoms with Crippen LogP contribution in [0.2, 0.25) is 0 Å². The van der Waals surface area contributed by atoms with Crippen molar-refractivity contribution in [2.45, 2.75) is 89.0 Å². The molecule has 36 nitrogen and oxygen atoms in total. The summed E-state index contributed by atoms with van der Waals surface area (Å²) < 4.78 is 55.5. The number of aliphatic carboxylic acids is 2. The first-order valence-corrected chi connectivity index (χ1v) is 29.1. The smallest absolute Gasteiger partial charge is 0.442 e. The summed E-state index contributed by atoms with van der Waals surface area (Å²) in [6.45, 7) is 6.22. The molecule has 0 spiro atoms. The lowest BCUT2D eigenvalue weighted by atomic mass is 9.84. The maximum atomic E-state index is 13.8. The van der Waals surface area contributed by atoms with E-state index in [9.17, 15) is 47.4 Å². The predicted molar refractivity (Wildman–Crippen MR) is 300 cm³/mol. The Balaban J connectivity index is 0.861. The number of carbonyl (C=O) groups excluding carboxylic acids is 4. The molecule has 4 amide bonds. The highest BCUT2D eigenvalue weighted by Gasteiger charge is 2.61. The molecule has 8 rings (SSSR count). The minimum absolute atomic E-state index is 0.0286. The second-order valence-corrected chi connectivity index (χ2v) is 23.0. The number of thiazole rings is 2. The fourth-order valence-electron chi connectivity index (χ4n) is 8.34. The molecular weight excluding hydrogens is 1210 g/mol. The number of aryl methyl sites for hydroxylation is 4. The zero-order chi connectivity index (χ0) is 63.1. The number of carboxylic acid groups (broad SMARTS) is 2. The summed E-state index contributed by atoms with van der Waals surface area (Å²) in [5, 5.41) is 51.8. The first-order chi connectivity index (χ1) is 41.2. The minimum Gasteiger partial charge on any atom is -0.478 e. The van der Waals surface area contributed by atoms with Crippen molar-refractivity contribution >= 4 is 90.3 Å². The van der Waals surface area contributed by atoms with E-state index < -0.39 is 106 Å². The molecule has 8 heterocycles. The van der Waals surface area contributed by atoms with Crippen LogP contribution in [0.4, 0.5) is 10.3 Å². The normalized spacial score (nSPS) is 17.2. The average molecular weight is 1270 g/mol. The molecule has 2 aliphatic heterocycles. The molecule has 0 bridgehead atoms. The number of hydrogen-bond donors (Lipinski definition) is 8. The lowest BCUT2D eigenvalue weighted by Gasteiger charge is -2.52. The molecule has 0 aromatic carbocycles. The monoisotopic (exact) mass is 1270 g/mol. The molecule has 6 aromatic rings. The number of aromatic nitrogens is 10. The molecular formula is C48H60N20O16S3+2. The number of carboxylic acids is 2. The zero-order valence-electron chi connectivity index (χ0n) is 47.1. The standard InChI is InChI=1S/C48H58N20O16S3/c1-47(2)37(55-39(69)35(29-23-85-45(51)53-29)61-81-31(43(73)74)21-79-33-11-9-27(57-59-33)25-17-63(5)65(19-25)15-7-13-49)41(71)67(47)83-87(77,78)84-68-42(72)38(48(68,3)4)56-40(70)36(30-24-86-46(52)54-30)62-82-32(44(75)76)22-80-34-12-10-28(58-60-34)26-18-64(6)66(20-26)16-8-14-50/h9-12,17-20,23-24,31-32,37-38H,7-8,13-16,21-22,49-50H2,1-6H3,(H6-2,51,52,53,54,55,56,69,70,73,74,75,76)/p+2/b61-35-,62-36-/t31-,32-,37+,38+/m0/s1. The van der Waals surface area contributed by atoms with E-state index in [0.29, 0.717) is 47.7 Å². The van der Waals surface area contributed by atoms with Crippen molar-refractivity contribution in [2.75, 3.05) is 37.8 Å². The van der Waals surface area contributed by atoms with Crippen LogP contribution in [0.5, 0.6) is 11.8 Å². The summed E-state index contributed by atoms with van der Waals surface area (Å²) in [5.74, 6) is -7.86. The Bertz CT molecular complexity index is 3490. The van der Waals surface area contributed by atoms with E-state index in [0.717, 1.165) is 46.6 Å². The van der Waals surface area contributed by atoms with Gasteiger partial charge in [-0.1, -0.05) is 10.3 Å². The summed E-state index contributed by atoms with van der Waals surface area (Å²) in [6.07, 6.45) is 5.24. The molecule has 0 radical (unpaired) electrons. The van der Waals surface area contributed by atoms with Gasteiger partial charge in [-0.15, -0.1) is 61.0 Å². The fourth-order valence-corrected chi connectivity index (χ4v) is 10.4. The molecule has 0 saturated carbocycles. The Morgan fingerprint density at radius 2 is 1.07 bits per heavy atom. The Morgan fingerprint density at radius 1 is 0.678 bits per heavy atom. The molecule has 464 valence electrons. The quantitative estimate of drug-likeness (QED) is 0.00974. The Morgan fingerprint density at radius 3 is 1.38 bits per heavy atom. The topological polar surface area (TPSA) is 487 Å². The Hall–Kier alpha value is -9.41. The number of nitrogen functional groups attached to an aromatic ring is 2. The Labute approximate surface area is 501 Å². The molecule has 2 fully saturated rings. The fraction of sp³-hybridized carbons (Fsp3) is 0.417. The van der Waals surface area contributed by atoms with Gasteiger partial charge in [0.15, 0.2) is 35.8 Å². The number of anilines is 2. The highest BCUT2D eigenvalue weighted by molar-refractivity contribution is 7.81. The third-order valence-electron chi connectivity index (χ3n) is 13.1. The maximum absolute atomic E-state index is 13.8. The second-order valence-electron chi connectivity index (χ2n) is 20.1. The van der Waals surface area contributed by atoms with Gasteiger partial charge >= 0.3 is 22.3 Å². The van der Waals surface area contributed by atoms with Gasteiger partial charge in [0.05, 0.1) is 47.7 Å². The molecule has 0 unspecified atom stereocenters. The van der Waals surface area contributed by atoms with Crippen molar-refractivity contribution in [3.05, 3.63) is 71.2 Å². The van der Waals surface area contributed by atoms with E-state index in [1.165, 1.54) is 50.6 Å². The molecule has 2 aliphatic rings. The van der Waals surface area contributed by atoms with Crippen LogP contribution in [0, 0.1) is 0 Å². The largest absolute Gasteiger partial charge is 0.478 e. The number of amides is 4. The lowest BCUT2D eigenvalue weighted by molar-refractivity contribution is -0.753. The van der Waals surface area contributed by atoms with Gasteiger partial charge in [-0.2, -0.15) is 27.9 Å². The number of hydroxylamine groups is 4. The van der Waals surface area contributed by atoms with Crippen LogP contribution in [0.15, 0.2) is 70.1 Å². The highest BCUT2D eigenvalue weighted by Crippen LogP contribution is 2.37. The van der Waals surface area contributed by atoms with E-state index in [-0.39, 0.29) is 33.4 Å². The number of carbonyl (C=O) groups is 6. The summed E-state index contributed by atoms with van der Waals surface area (Å²) in [7, 11) is -1.67. The zero-order valence-corrected chi connectivity index (χ0v) is 49.6.